The van der Waals surface area contributed by atoms with Crippen molar-refractivity contribution in [2.75, 3.05) is 46.9 Å². The van der Waals surface area contributed by atoms with E-state index in [1.54, 1.807) is 16.1 Å². The summed E-state index contributed by atoms with van der Waals surface area (Å²) in [6.07, 6.45) is 5.14. The number of carbonyl (C=O) groups is 1. The number of methoxy groups -OCH3 is 1. The molecule has 1 aromatic heterocycles. The number of hydrogen-bond donors (Lipinski definition) is 1. The Bertz CT molecular complexity index is 840. The number of esters is 1. The first kappa shape index (κ1) is 23.0. The van der Waals surface area contributed by atoms with Gasteiger partial charge < -0.3 is 14.2 Å². The largest absolute Gasteiger partial charge is 0.468 e. The first-order valence-electron chi connectivity index (χ1n) is 9.11. The normalized spacial score (nSPS) is 14.9. The van der Waals surface area contributed by atoms with Gasteiger partial charge in [0.2, 0.25) is 0 Å². The molecule has 1 aromatic carbocycles. The highest BCUT2D eigenvalue weighted by Crippen LogP contribution is 2.47. The third-order valence-corrected chi connectivity index (χ3v) is 7.22. The molecule has 0 saturated heterocycles. The molecule has 0 spiro atoms. The SMILES string of the molecule is COC(=O)C(CCSC)NP(=O)(OC)n1cc(CCN(C)C)c2ccccc21. The second-order valence-electron chi connectivity index (χ2n) is 6.76. The van der Waals surface area contributed by atoms with Crippen LogP contribution in [0.25, 0.3) is 10.9 Å². The standard InChI is InChI=1S/C19H30N3O4PS/c1-21(2)12-10-15-14-22(18-9-7-6-8-16(15)18)27(24,26-4)20-17(11-13-28-5)19(23)25-3/h6-9,14,17H,10-13H2,1-5H3,(H,20,24). The van der Waals surface area contributed by atoms with E-state index in [1.165, 1.54) is 14.2 Å². The van der Waals surface area contributed by atoms with Gasteiger partial charge in [-0.25, -0.2) is 9.65 Å². The number of fused-ring (bicyclic) bond motifs is 1. The van der Waals surface area contributed by atoms with Crippen LogP contribution in [0.3, 0.4) is 0 Å². The molecule has 7 nitrogen and oxygen atoms in total. The van der Waals surface area contributed by atoms with Crippen molar-refractivity contribution in [2.24, 2.45) is 0 Å². The minimum Gasteiger partial charge on any atom is -0.468 e. The summed E-state index contributed by atoms with van der Waals surface area (Å²) >= 11 is 1.61. The third kappa shape index (κ3) is 5.39. The molecule has 0 aliphatic rings. The predicted molar refractivity (Wildman–Crippen MR) is 116 cm³/mol. The lowest BCUT2D eigenvalue weighted by molar-refractivity contribution is -0.142. The van der Waals surface area contributed by atoms with Crippen LogP contribution in [0.4, 0.5) is 0 Å². The van der Waals surface area contributed by atoms with Crippen LogP contribution >= 0.6 is 19.4 Å². The predicted octanol–water partition coefficient (Wildman–Crippen LogP) is 3.23. The van der Waals surface area contributed by atoms with Gasteiger partial charge in [0.1, 0.15) is 6.04 Å². The molecule has 0 aliphatic carbocycles. The number of likely N-dealkylation sites (N-methyl/N-ethyl adjacent to an activating group) is 1. The summed E-state index contributed by atoms with van der Waals surface area (Å²) in [5.41, 5.74) is 1.89. The third-order valence-electron chi connectivity index (χ3n) is 4.55. The monoisotopic (exact) mass is 427 g/mol. The molecule has 0 bridgehead atoms. The molecular weight excluding hydrogens is 397 g/mol. The van der Waals surface area contributed by atoms with Gasteiger partial charge in [-0.1, -0.05) is 18.2 Å². The summed E-state index contributed by atoms with van der Waals surface area (Å²) in [7, 11) is 3.22. The average molecular weight is 428 g/mol. The Morgan fingerprint density at radius 3 is 2.64 bits per heavy atom. The van der Waals surface area contributed by atoms with Gasteiger partial charge >= 0.3 is 13.6 Å². The second kappa shape index (κ2) is 10.5. The zero-order valence-electron chi connectivity index (χ0n) is 17.2. The van der Waals surface area contributed by atoms with Crippen molar-refractivity contribution in [3.8, 4) is 0 Å². The van der Waals surface area contributed by atoms with Crippen LogP contribution in [0.5, 0.6) is 0 Å². The lowest BCUT2D eigenvalue weighted by atomic mass is 10.1. The Balaban J connectivity index is 2.44. The summed E-state index contributed by atoms with van der Waals surface area (Å²) in [4.78, 5) is 14.3. The van der Waals surface area contributed by atoms with E-state index in [4.69, 9.17) is 9.26 Å². The van der Waals surface area contributed by atoms with Crippen molar-refractivity contribution in [1.82, 2.24) is 14.3 Å². The van der Waals surface area contributed by atoms with Gasteiger partial charge in [0.15, 0.2) is 0 Å². The number of carbonyl (C=O) groups excluding carboxylic acids is 1. The molecule has 0 saturated carbocycles. The zero-order valence-corrected chi connectivity index (χ0v) is 18.9. The van der Waals surface area contributed by atoms with Crippen LogP contribution in [0.15, 0.2) is 30.5 Å². The Morgan fingerprint density at radius 2 is 2.04 bits per heavy atom. The van der Waals surface area contributed by atoms with Crippen molar-refractivity contribution < 1.29 is 18.6 Å². The van der Waals surface area contributed by atoms with E-state index in [-0.39, 0.29) is 0 Å². The van der Waals surface area contributed by atoms with E-state index in [9.17, 15) is 9.36 Å². The number of para-hydroxylation sites is 1. The summed E-state index contributed by atoms with van der Waals surface area (Å²) in [6, 6.07) is 7.08. The highest BCUT2D eigenvalue weighted by Gasteiger charge is 2.33. The minimum atomic E-state index is -3.55. The molecule has 9 heteroatoms. The summed E-state index contributed by atoms with van der Waals surface area (Å²) in [5.74, 6) is 0.285. The Hall–Kier alpha value is -1.31. The van der Waals surface area contributed by atoms with Gasteiger partial charge in [0.05, 0.1) is 12.6 Å². The number of rotatable bonds is 11. The van der Waals surface area contributed by atoms with Gasteiger partial charge in [0.25, 0.3) is 0 Å². The Kier molecular flexibility index (Phi) is 8.58. The lowest BCUT2D eigenvalue weighted by Crippen LogP contribution is -2.37. The van der Waals surface area contributed by atoms with Crippen molar-refractivity contribution in [3.63, 3.8) is 0 Å². The van der Waals surface area contributed by atoms with Crippen LogP contribution in [0, 0.1) is 0 Å². The fraction of sp³-hybridized carbons (Fsp3) is 0.526. The number of nitrogens with zero attached hydrogens (tertiary/aromatic N) is 2. The number of benzene rings is 1. The molecule has 1 N–H and O–H groups in total. The lowest BCUT2D eigenvalue weighted by Gasteiger charge is -2.24. The highest BCUT2D eigenvalue weighted by molar-refractivity contribution is 7.98. The molecule has 2 unspecified atom stereocenters. The van der Waals surface area contributed by atoms with E-state index < -0.39 is 19.7 Å². The quantitative estimate of drug-likeness (QED) is 0.436. The van der Waals surface area contributed by atoms with Gasteiger partial charge in [0, 0.05) is 25.2 Å². The van der Waals surface area contributed by atoms with E-state index in [2.05, 4.69) is 9.99 Å². The molecule has 156 valence electrons. The highest BCUT2D eigenvalue weighted by atomic mass is 32.2. The van der Waals surface area contributed by atoms with Crippen molar-refractivity contribution >= 4 is 36.3 Å². The molecular formula is C19H30N3O4PS. The maximum absolute atomic E-state index is 13.7. The van der Waals surface area contributed by atoms with Gasteiger partial charge in [-0.05, 0) is 50.6 Å². The van der Waals surface area contributed by atoms with E-state index in [0.29, 0.717) is 6.42 Å². The first-order chi connectivity index (χ1) is 13.4. The molecule has 2 rings (SSSR count). The van der Waals surface area contributed by atoms with Crippen molar-refractivity contribution in [2.45, 2.75) is 18.9 Å². The molecule has 2 aromatic rings. The van der Waals surface area contributed by atoms with Crippen LogP contribution in [-0.2, 0) is 25.0 Å². The smallest absolute Gasteiger partial charge is 0.373 e. The number of nitrogens with one attached hydrogen (secondary N) is 1. The average Bonchev–Trinajstić information content (AvgIpc) is 3.08. The molecule has 28 heavy (non-hydrogen) atoms. The van der Waals surface area contributed by atoms with Crippen molar-refractivity contribution in [3.05, 3.63) is 36.0 Å². The molecule has 0 radical (unpaired) electrons. The first-order valence-corrected chi connectivity index (χ1v) is 12.1. The maximum atomic E-state index is 13.7. The number of thioether (sulfide) groups is 1. The maximum Gasteiger partial charge on any atom is 0.373 e. The van der Waals surface area contributed by atoms with E-state index >= 15 is 0 Å². The van der Waals surface area contributed by atoms with Crippen LogP contribution in [-0.4, -0.2) is 68.1 Å². The van der Waals surface area contributed by atoms with E-state index in [0.717, 1.165) is 35.2 Å². The molecule has 1 heterocycles. The fourth-order valence-corrected chi connectivity index (χ4v) is 5.26. The zero-order chi connectivity index (χ0) is 20.7. The number of ether oxygens (including phenoxy) is 1. The van der Waals surface area contributed by atoms with Gasteiger partial charge in [-0.15, -0.1) is 0 Å². The minimum absolute atomic E-state index is 0.449. The van der Waals surface area contributed by atoms with Crippen molar-refractivity contribution in [1.29, 1.82) is 0 Å². The molecule has 2 atom stereocenters. The summed E-state index contributed by atoms with van der Waals surface area (Å²) < 4.78 is 25.7. The number of aromatic nitrogens is 1. The fourth-order valence-electron chi connectivity index (χ4n) is 3.01. The second-order valence-corrected chi connectivity index (χ2v) is 9.84. The van der Waals surface area contributed by atoms with Gasteiger partial charge in [-0.2, -0.15) is 11.8 Å². The summed E-state index contributed by atoms with van der Waals surface area (Å²) in [6.45, 7) is 0.872. The molecule has 0 aliphatic heterocycles. The Labute approximate surface area is 171 Å². The molecule has 0 fully saturated rings. The number of hydrogen-bond acceptors (Lipinski definition) is 6. The van der Waals surface area contributed by atoms with Crippen LogP contribution in [0.1, 0.15) is 12.0 Å². The van der Waals surface area contributed by atoms with Crippen LogP contribution in [0.2, 0.25) is 0 Å². The topological polar surface area (TPSA) is 72.8 Å². The Morgan fingerprint density at radius 1 is 1.32 bits per heavy atom. The van der Waals surface area contributed by atoms with Crippen LogP contribution < -0.4 is 5.09 Å². The summed E-state index contributed by atoms with van der Waals surface area (Å²) in [5, 5.41) is 3.98. The van der Waals surface area contributed by atoms with Gasteiger partial charge in [-0.3, -0.25) is 9.13 Å². The molecule has 0 amide bonds. The van der Waals surface area contributed by atoms with E-state index in [1.807, 2.05) is 50.8 Å².